The zero-order valence-electron chi connectivity index (χ0n) is 11.5. The van der Waals surface area contributed by atoms with E-state index in [1.165, 1.54) is 0 Å². The van der Waals surface area contributed by atoms with E-state index < -0.39 is 5.97 Å². The number of esters is 1. The van der Waals surface area contributed by atoms with E-state index in [-0.39, 0.29) is 12.2 Å². The summed E-state index contributed by atoms with van der Waals surface area (Å²) >= 11 is 4.60. The van der Waals surface area contributed by atoms with Gasteiger partial charge in [-0.15, -0.1) is 0 Å². The first-order valence-corrected chi connectivity index (χ1v) is 6.44. The van der Waals surface area contributed by atoms with E-state index in [1.807, 2.05) is 13.8 Å². The van der Waals surface area contributed by atoms with Gasteiger partial charge in [-0.1, -0.05) is 0 Å². The van der Waals surface area contributed by atoms with E-state index in [4.69, 9.17) is 9.47 Å². The first-order valence-electron chi connectivity index (χ1n) is 6.03. The van der Waals surface area contributed by atoms with Crippen LogP contribution in [0.2, 0.25) is 0 Å². The number of carbonyl (C=O) groups is 1. The summed E-state index contributed by atoms with van der Waals surface area (Å²) < 4.78 is 10.7. The van der Waals surface area contributed by atoms with Gasteiger partial charge in [-0.2, -0.15) is 4.99 Å². The van der Waals surface area contributed by atoms with Gasteiger partial charge in [0.1, 0.15) is 11.4 Å². The number of isothiocyanates is 1. The third kappa shape index (κ3) is 4.81. The topological polar surface area (TPSA) is 47.9 Å². The number of nitrogens with zero attached hydrogens (tertiary/aromatic N) is 1. The summed E-state index contributed by atoms with van der Waals surface area (Å²) in [5.74, 6) is 0.167. The standard InChI is InChI=1S/C14H17NO3S/c1-9(2)17-13-6-5-11(7-12(13)15-8-19)14(16)18-10(3)4/h5-7,9-10H,1-4H3. The first kappa shape index (κ1) is 15.3. The van der Waals surface area contributed by atoms with Crippen molar-refractivity contribution < 1.29 is 14.3 Å². The van der Waals surface area contributed by atoms with E-state index in [9.17, 15) is 4.79 Å². The molecule has 0 fully saturated rings. The van der Waals surface area contributed by atoms with Crippen molar-refractivity contribution in [2.45, 2.75) is 39.9 Å². The lowest BCUT2D eigenvalue weighted by atomic mass is 10.2. The molecule has 0 aliphatic rings. The van der Waals surface area contributed by atoms with Gasteiger partial charge in [0.15, 0.2) is 0 Å². The van der Waals surface area contributed by atoms with Crippen LogP contribution in [0, 0.1) is 0 Å². The lowest BCUT2D eigenvalue weighted by Crippen LogP contribution is -2.12. The van der Waals surface area contributed by atoms with Crippen LogP contribution in [0.5, 0.6) is 5.75 Å². The predicted octanol–water partition coefficient (Wildman–Crippen LogP) is 3.77. The van der Waals surface area contributed by atoms with Crippen LogP contribution in [0.4, 0.5) is 5.69 Å². The van der Waals surface area contributed by atoms with Crippen LogP contribution < -0.4 is 4.74 Å². The molecule has 1 rings (SSSR count). The number of thiocarbonyl (C=S) groups is 1. The van der Waals surface area contributed by atoms with Crippen molar-refractivity contribution in [3.8, 4) is 5.75 Å². The Balaban J connectivity index is 3.08. The number of aliphatic imine (C=N–C) groups is 1. The van der Waals surface area contributed by atoms with Crippen molar-refractivity contribution in [1.29, 1.82) is 0 Å². The highest BCUT2D eigenvalue weighted by Gasteiger charge is 2.13. The van der Waals surface area contributed by atoms with Gasteiger partial charge >= 0.3 is 5.97 Å². The molecule has 0 saturated carbocycles. The van der Waals surface area contributed by atoms with Gasteiger partial charge in [0.25, 0.3) is 0 Å². The second-order valence-electron chi connectivity index (χ2n) is 4.51. The molecule has 4 nitrogen and oxygen atoms in total. The maximum absolute atomic E-state index is 11.8. The molecule has 102 valence electrons. The van der Waals surface area contributed by atoms with Crippen molar-refractivity contribution >= 4 is 29.0 Å². The molecule has 0 atom stereocenters. The fourth-order valence-electron chi connectivity index (χ4n) is 1.42. The zero-order chi connectivity index (χ0) is 14.4. The summed E-state index contributed by atoms with van der Waals surface area (Å²) in [5, 5.41) is 2.28. The van der Waals surface area contributed by atoms with Gasteiger partial charge < -0.3 is 9.47 Å². The van der Waals surface area contributed by atoms with Gasteiger partial charge in [-0.25, -0.2) is 4.79 Å². The molecule has 0 unspecified atom stereocenters. The quantitative estimate of drug-likeness (QED) is 0.467. The van der Waals surface area contributed by atoms with Crippen molar-refractivity contribution in [1.82, 2.24) is 0 Å². The second-order valence-corrected chi connectivity index (χ2v) is 4.69. The molecule has 5 heteroatoms. The van der Waals surface area contributed by atoms with E-state index in [0.29, 0.717) is 17.0 Å². The van der Waals surface area contributed by atoms with Crippen molar-refractivity contribution in [3.05, 3.63) is 23.8 Å². The molecule has 0 bridgehead atoms. The van der Waals surface area contributed by atoms with Crippen molar-refractivity contribution in [2.75, 3.05) is 0 Å². The van der Waals surface area contributed by atoms with Crippen molar-refractivity contribution in [3.63, 3.8) is 0 Å². The Morgan fingerprint density at radius 2 is 1.95 bits per heavy atom. The Morgan fingerprint density at radius 3 is 2.47 bits per heavy atom. The maximum atomic E-state index is 11.8. The predicted molar refractivity (Wildman–Crippen MR) is 77.4 cm³/mol. The van der Waals surface area contributed by atoms with Gasteiger partial charge in [-0.3, -0.25) is 0 Å². The highest BCUT2D eigenvalue weighted by molar-refractivity contribution is 7.78. The minimum absolute atomic E-state index is 0.00698. The molecule has 0 spiro atoms. The Morgan fingerprint density at radius 1 is 1.26 bits per heavy atom. The number of hydrogen-bond donors (Lipinski definition) is 0. The summed E-state index contributed by atoms with van der Waals surface area (Å²) in [6, 6.07) is 4.91. The van der Waals surface area contributed by atoms with Crippen LogP contribution in [-0.2, 0) is 4.74 Å². The number of rotatable bonds is 5. The van der Waals surface area contributed by atoms with Gasteiger partial charge in [0.05, 0.1) is 22.9 Å². The van der Waals surface area contributed by atoms with E-state index in [0.717, 1.165) is 0 Å². The number of carbonyl (C=O) groups excluding carboxylic acids is 1. The van der Waals surface area contributed by atoms with Crippen LogP contribution in [0.1, 0.15) is 38.1 Å². The van der Waals surface area contributed by atoms with Gasteiger partial charge in [0.2, 0.25) is 0 Å². The highest BCUT2D eigenvalue weighted by Crippen LogP contribution is 2.29. The fourth-order valence-corrected chi connectivity index (χ4v) is 1.51. The maximum Gasteiger partial charge on any atom is 0.338 e. The lowest BCUT2D eigenvalue weighted by Gasteiger charge is -2.13. The number of ether oxygens (including phenoxy) is 2. The monoisotopic (exact) mass is 279 g/mol. The molecular formula is C14H17NO3S. The van der Waals surface area contributed by atoms with Gasteiger partial charge in [-0.05, 0) is 58.1 Å². The summed E-state index contributed by atoms with van der Waals surface area (Å²) in [4.78, 5) is 15.7. The minimum Gasteiger partial charge on any atom is -0.489 e. The molecule has 0 heterocycles. The van der Waals surface area contributed by atoms with E-state index in [2.05, 4.69) is 22.4 Å². The third-order valence-corrected chi connectivity index (χ3v) is 2.16. The van der Waals surface area contributed by atoms with Crippen LogP contribution in [-0.4, -0.2) is 23.3 Å². The smallest absolute Gasteiger partial charge is 0.338 e. The zero-order valence-corrected chi connectivity index (χ0v) is 12.3. The first-order chi connectivity index (χ1) is 8.93. The van der Waals surface area contributed by atoms with E-state index in [1.54, 1.807) is 32.0 Å². The molecule has 0 radical (unpaired) electrons. The molecule has 1 aromatic rings. The molecular weight excluding hydrogens is 262 g/mol. The van der Waals surface area contributed by atoms with Crippen LogP contribution >= 0.6 is 12.2 Å². The molecule has 0 saturated heterocycles. The number of hydrogen-bond acceptors (Lipinski definition) is 5. The average molecular weight is 279 g/mol. The molecule has 0 aromatic heterocycles. The molecule has 0 aliphatic heterocycles. The Kier molecular flexibility index (Phi) is 5.67. The van der Waals surface area contributed by atoms with Crippen LogP contribution in [0.25, 0.3) is 0 Å². The Labute approximate surface area is 118 Å². The summed E-state index contributed by atoms with van der Waals surface area (Å²) in [6.07, 6.45) is -0.163. The SMILES string of the molecule is CC(C)OC(=O)c1ccc(OC(C)C)c(N=C=S)c1. The number of benzene rings is 1. The van der Waals surface area contributed by atoms with Crippen LogP contribution in [0.3, 0.4) is 0 Å². The minimum atomic E-state index is -0.396. The summed E-state index contributed by atoms with van der Waals surface area (Å²) in [6.45, 7) is 7.41. The summed E-state index contributed by atoms with van der Waals surface area (Å²) in [7, 11) is 0. The average Bonchev–Trinajstić information content (AvgIpc) is 2.30. The lowest BCUT2D eigenvalue weighted by molar-refractivity contribution is 0.0378. The Bertz CT molecular complexity index is 505. The molecule has 19 heavy (non-hydrogen) atoms. The van der Waals surface area contributed by atoms with Crippen molar-refractivity contribution in [2.24, 2.45) is 4.99 Å². The fraction of sp³-hybridized carbons (Fsp3) is 0.429. The normalized spacial score (nSPS) is 10.2. The second kappa shape index (κ2) is 7.02. The molecule has 0 amide bonds. The molecule has 1 aromatic carbocycles. The molecule has 0 aliphatic carbocycles. The van der Waals surface area contributed by atoms with E-state index >= 15 is 0 Å². The molecule has 0 N–H and O–H groups in total. The highest BCUT2D eigenvalue weighted by atomic mass is 32.1. The third-order valence-electron chi connectivity index (χ3n) is 2.07. The Hall–Kier alpha value is -1.71. The van der Waals surface area contributed by atoms with Crippen LogP contribution in [0.15, 0.2) is 23.2 Å². The van der Waals surface area contributed by atoms with Gasteiger partial charge in [0, 0.05) is 0 Å². The summed E-state index contributed by atoms with van der Waals surface area (Å²) in [5.41, 5.74) is 0.885. The largest absolute Gasteiger partial charge is 0.489 e.